The van der Waals surface area contributed by atoms with Gasteiger partial charge in [0.1, 0.15) is 5.75 Å². The molecule has 0 aliphatic carbocycles. The second-order valence-corrected chi connectivity index (χ2v) is 7.12. The molecule has 26 heavy (non-hydrogen) atoms. The largest absolute Gasteiger partial charge is 0.497 e. The number of ether oxygens (including phenoxy) is 2. The summed E-state index contributed by atoms with van der Waals surface area (Å²) in [6.07, 6.45) is 3.70. The summed E-state index contributed by atoms with van der Waals surface area (Å²) in [5.74, 6) is 0.801. The van der Waals surface area contributed by atoms with E-state index in [-0.39, 0.29) is 17.7 Å². The van der Waals surface area contributed by atoms with Crippen molar-refractivity contribution >= 4 is 6.03 Å². The Morgan fingerprint density at radius 1 is 1.35 bits per heavy atom. The lowest BCUT2D eigenvalue weighted by molar-refractivity contribution is -0.0735. The van der Waals surface area contributed by atoms with Crippen molar-refractivity contribution in [1.82, 2.24) is 20.0 Å². The predicted octanol–water partition coefficient (Wildman–Crippen LogP) is 2.76. The predicted molar refractivity (Wildman–Crippen MR) is 98.7 cm³/mol. The summed E-state index contributed by atoms with van der Waals surface area (Å²) in [5, 5.41) is 7.44. The number of nitrogens with one attached hydrogen (secondary N) is 1. The van der Waals surface area contributed by atoms with Gasteiger partial charge in [-0.25, -0.2) is 9.48 Å². The molecule has 2 aromatic rings. The van der Waals surface area contributed by atoms with Gasteiger partial charge in [0.2, 0.25) is 0 Å². The maximum Gasteiger partial charge on any atom is 0.318 e. The molecular weight excluding hydrogens is 332 g/mol. The summed E-state index contributed by atoms with van der Waals surface area (Å²) >= 11 is 0. The summed E-state index contributed by atoms with van der Waals surface area (Å²) in [4.78, 5) is 14.3. The van der Waals surface area contributed by atoms with E-state index in [2.05, 4.69) is 10.4 Å². The molecule has 1 aromatic heterocycles. The number of amides is 2. The fourth-order valence-corrected chi connectivity index (χ4v) is 2.99. The summed E-state index contributed by atoms with van der Waals surface area (Å²) in [6.45, 7) is 7.69. The Morgan fingerprint density at radius 2 is 2.08 bits per heavy atom. The minimum absolute atomic E-state index is 0.0777. The van der Waals surface area contributed by atoms with Gasteiger partial charge in [-0.3, -0.25) is 0 Å². The molecule has 0 bridgehead atoms. The molecule has 7 nitrogen and oxygen atoms in total. The van der Waals surface area contributed by atoms with Crippen LogP contribution in [0.25, 0.3) is 5.69 Å². The van der Waals surface area contributed by atoms with Crippen LogP contribution < -0.4 is 10.1 Å². The SMILES string of the molecule is COc1ccc(-n2cc([C@@H](C)NC(=O)N3CCOC(C)(C)C3)cn2)cc1. The molecule has 1 N–H and O–H groups in total. The first-order valence-electron chi connectivity index (χ1n) is 8.76. The summed E-state index contributed by atoms with van der Waals surface area (Å²) < 4.78 is 12.6. The molecule has 3 rings (SSSR count). The van der Waals surface area contributed by atoms with Crippen molar-refractivity contribution in [1.29, 1.82) is 0 Å². The van der Waals surface area contributed by atoms with E-state index in [1.165, 1.54) is 0 Å². The van der Waals surface area contributed by atoms with Crippen LogP contribution >= 0.6 is 0 Å². The lowest BCUT2D eigenvalue weighted by Gasteiger charge is -2.38. The Balaban J connectivity index is 1.64. The molecule has 1 fully saturated rings. The molecule has 1 saturated heterocycles. The van der Waals surface area contributed by atoms with Gasteiger partial charge in [-0.05, 0) is 45.0 Å². The van der Waals surface area contributed by atoms with Crippen molar-refractivity contribution in [2.45, 2.75) is 32.4 Å². The number of hydrogen-bond acceptors (Lipinski definition) is 4. The van der Waals surface area contributed by atoms with Crippen LogP contribution in [0, 0.1) is 0 Å². The summed E-state index contributed by atoms with van der Waals surface area (Å²) in [7, 11) is 1.64. The van der Waals surface area contributed by atoms with Gasteiger partial charge >= 0.3 is 6.03 Å². The Bertz CT molecular complexity index is 754. The number of benzene rings is 1. The van der Waals surface area contributed by atoms with Crippen molar-refractivity contribution in [3.63, 3.8) is 0 Å². The van der Waals surface area contributed by atoms with Gasteiger partial charge in [-0.1, -0.05) is 0 Å². The number of rotatable bonds is 4. The van der Waals surface area contributed by atoms with Crippen LogP contribution in [0.1, 0.15) is 32.4 Å². The second kappa shape index (κ2) is 7.37. The molecule has 0 unspecified atom stereocenters. The van der Waals surface area contributed by atoms with Gasteiger partial charge in [-0.15, -0.1) is 0 Å². The van der Waals surface area contributed by atoms with Gasteiger partial charge < -0.3 is 19.7 Å². The van der Waals surface area contributed by atoms with Crippen LogP contribution in [0.5, 0.6) is 5.75 Å². The van der Waals surface area contributed by atoms with E-state index in [4.69, 9.17) is 9.47 Å². The number of carbonyl (C=O) groups excluding carboxylic acids is 1. The molecule has 7 heteroatoms. The zero-order valence-corrected chi connectivity index (χ0v) is 15.7. The average molecular weight is 358 g/mol. The van der Waals surface area contributed by atoms with Gasteiger partial charge in [0.25, 0.3) is 0 Å². The Morgan fingerprint density at radius 3 is 2.73 bits per heavy atom. The highest BCUT2D eigenvalue weighted by atomic mass is 16.5. The first kappa shape index (κ1) is 18.3. The molecule has 1 aliphatic heterocycles. The van der Waals surface area contributed by atoms with Crippen LogP contribution in [0.3, 0.4) is 0 Å². The molecule has 0 spiro atoms. The zero-order chi connectivity index (χ0) is 18.7. The third-order valence-electron chi connectivity index (χ3n) is 4.49. The fraction of sp³-hybridized carbons (Fsp3) is 0.474. The van der Waals surface area contributed by atoms with Gasteiger partial charge in [-0.2, -0.15) is 5.10 Å². The molecule has 140 valence electrons. The lowest BCUT2D eigenvalue weighted by Crippen LogP contribution is -2.53. The standard InChI is InChI=1S/C19H26N4O3/c1-14(21-18(24)22-9-10-26-19(2,3)13-22)15-11-20-23(12-15)16-5-7-17(25-4)8-6-16/h5-8,11-12,14H,9-10,13H2,1-4H3,(H,21,24)/t14-/m1/s1. The normalized spacial score (nSPS) is 17.6. The van der Waals surface area contributed by atoms with Gasteiger partial charge in [0.15, 0.2) is 0 Å². The van der Waals surface area contributed by atoms with E-state index < -0.39 is 0 Å². The Labute approximate surface area is 153 Å². The van der Waals surface area contributed by atoms with Crippen molar-refractivity contribution in [2.24, 2.45) is 0 Å². The molecule has 1 aromatic carbocycles. The Kier molecular flexibility index (Phi) is 5.18. The van der Waals surface area contributed by atoms with E-state index in [1.807, 2.05) is 51.2 Å². The lowest BCUT2D eigenvalue weighted by atomic mass is 10.1. The Hall–Kier alpha value is -2.54. The fourth-order valence-electron chi connectivity index (χ4n) is 2.99. The average Bonchev–Trinajstić information content (AvgIpc) is 3.11. The smallest absolute Gasteiger partial charge is 0.318 e. The van der Waals surface area contributed by atoms with E-state index in [9.17, 15) is 4.79 Å². The van der Waals surface area contributed by atoms with Crippen molar-refractivity contribution in [3.8, 4) is 11.4 Å². The zero-order valence-electron chi connectivity index (χ0n) is 15.7. The van der Waals surface area contributed by atoms with Crippen LogP contribution in [0.15, 0.2) is 36.7 Å². The van der Waals surface area contributed by atoms with Crippen LogP contribution in [-0.4, -0.2) is 53.1 Å². The molecule has 1 atom stereocenters. The summed E-state index contributed by atoms with van der Waals surface area (Å²) in [5.41, 5.74) is 1.57. The van der Waals surface area contributed by atoms with Crippen molar-refractivity contribution in [2.75, 3.05) is 26.8 Å². The topological polar surface area (TPSA) is 68.6 Å². The maximum atomic E-state index is 12.5. The quantitative estimate of drug-likeness (QED) is 0.912. The van der Waals surface area contributed by atoms with Crippen molar-refractivity contribution in [3.05, 3.63) is 42.2 Å². The summed E-state index contributed by atoms with van der Waals surface area (Å²) in [6, 6.07) is 7.44. The minimum Gasteiger partial charge on any atom is -0.497 e. The number of morpholine rings is 1. The highest BCUT2D eigenvalue weighted by Crippen LogP contribution is 2.19. The van der Waals surface area contributed by atoms with Crippen LogP contribution in [-0.2, 0) is 4.74 Å². The first-order valence-corrected chi connectivity index (χ1v) is 8.76. The number of aromatic nitrogens is 2. The number of carbonyl (C=O) groups is 1. The van der Waals surface area contributed by atoms with Crippen LogP contribution in [0.4, 0.5) is 4.79 Å². The van der Waals surface area contributed by atoms with Crippen molar-refractivity contribution < 1.29 is 14.3 Å². The highest BCUT2D eigenvalue weighted by Gasteiger charge is 2.30. The molecule has 0 radical (unpaired) electrons. The van der Waals surface area contributed by atoms with Gasteiger partial charge in [0, 0.05) is 18.3 Å². The number of urea groups is 1. The second-order valence-electron chi connectivity index (χ2n) is 7.12. The molecule has 2 amide bonds. The third-order valence-corrected chi connectivity index (χ3v) is 4.49. The minimum atomic E-state index is -0.307. The van der Waals surface area contributed by atoms with Crippen LogP contribution in [0.2, 0.25) is 0 Å². The maximum absolute atomic E-state index is 12.5. The number of methoxy groups -OCH3 is 1. The van der Waals surface area contributed by atoms with E-state index in [0.717, 1.165) is 17.0 Å². The number of nitrogens with zero attached hydrogens (tertiary/aromatic N) is 3. The molecule has 0 saturated carbocycles. The third kappa shape index (κ3) is 4.16. The monoisotopic (exact) mass is 358 g/mol. The number of hydrogen-bond donors (Lipinski definition) is 1. The highest BCUT2D eigenvalue weighted by molar-refractivity contribution is 5.74. The first-order chi connectivity index (χ1) is 12.4. The molecule has 2 heterocycles. The molecule has 1 aliphatic rings. The van der Waals surface area contributed by atoms with Gasteiger partial charge in [0.05, 0.1) is 43.8 Å². The van der Waals surface area contributed by atoms with E-state index in [1.54, 1.807) is 22.9 Å². The van der Waals surface area contributed by atoms with E-state index >= 15 is 0 Å². The van der Waals surface area contributed by atoms with E-state index in [0.29, 0.717) is 19.7 Å². The molecular formula is C19H26N4O3.